The van der Waals surface area contributed by atoms with Crippen LogP contribution in [-0.2, 0) is 0 Å². The highest BCUT2D eigenvalue weighted by Gasteiger charge is 2.40. The van der Waals surface area contributed by atoms with Crippen LogP contribution >= 0.6 is 11.3 Å². The van der Waals surface area contributed by atoms with Crippen LogP contribution in [0.15, 0.2) is 30.5 Å². The fourth-order valence-corrected chi connectivity index (χ4v) is 4.88. The Kier molecular flexibility index (Phi) is 4.48. The number of hydrogen-bond acceptors (Lipinski definition) is 5. The van der Waals surface area contributed by atoms with Gasteiger partial charge in [-0.05, 0) is 63.0 Å². The van der Waals surface area contributed by atoms with Crippen LogP contribution in [-0.4, -0.2) is 48.0 Å². The van der Waals surface area contributed by atoms with Gasteiger partial charge in [0.25, 0.3) is 5.91 Å². The first-order chi connectivity index (χ1) is 12.2. The molecule has 4 heterocycles. The van der Waals surface area contributed by atoms with Crippen molar-refractivity contribution < 1.29 is 4.79 Å². The highest BCUT2D eigenvalue weighted by Crippen LogP contribution is 2.33. The fourth-order valence-electron chi connectivity index (χ4n) is 4.06. The fraction of sp³-hybridized carbons (Fsp3) is 0.474. The Morgan fingerprint density at radius 1 is 1.24 bits per heavy atom. The minimum Gasteiger partial charge on any atom is -0.388 e. The van der Waals surface area contributed by atoms with Gasteiger partial charge in [0.05, 0.1) is 6.20 Å². The lowest BCUT2D eigenvalue weighted by Crippen LogP contribution is -2.62. The van der Waals surface area contributed by atoms with E-state index in [9.17, 15) is 4.79 Å². The smallest absolute Gasteiger partial charge is 0.263 e. The van der Waals surface area contributed by atoms with E-state index in [1.807, 2.05) is 31.3 Å². The standard InChI is InChI=1S/C19H24N4OS/c1-12-17(13-7-9-23(12)10-8-13)22-18(24)16-11-21-19(25-16)14-3-5-15(20-2)6-4-14/h3-6,11-13,17,20H,7-10H2,1-2H3,(H,22,24)/t12-,17-/m0/s1. The molecular formula is C19H24N4OS. The Morgan fingerprint density at radius 2 is 1.96 bits per heavy atom. The van der Waals surface area contributed by atoms with Crippen molar-refractivity contribution in [2.75, 3.05) is 25.5 Å². The summed E-state index contributed by atoms with van der Waals surface area (Å²) in [6, 6.07) is 8.79. The summed E-state index contributed by atoms with van der Waals surface area (Å²) in [6.07, 6.45) is 4.09. The van der Waals surface area contributed by atoms with Crippen molar-refractivity contribution in [2.45, 2.75) is 31.8 Å². The number of amides is 1. The van der Waals surface area contributed by atoms with Crippen LogP contribution in [0.3, 0.4) is 0 Å². The lowest BCUT2D eigenvalue weighted by Gasteiger charge is -2.49. The molecule has 0 radical (unpaired) electrons. The molecule has 0 aliphatic carbocycles. The number of carbonyl (C=O) groups excluding carboxylic acids is 1. The summed E-state index contributed by atoms with van der Waals surface area (Å²) in [5.41, 5.74) is 2.11. The molecule has 5 nitrogen and oxygen atoms in total. The van der Waals surface area contributed by atoms with E-state index in [0.717, 1.165) is 16.3 Å². The first kappa shape index (κ1) is 16.5. The average Bonchev–Trinajstić information content (AvgIpc) is 3.15. The lowest BCUT2D eigenvalue weighted by atomic mass is 9.79. The second kappa shape index (κ2) is 6.77. The first-order valence-corrected chi connectivity index (χ1v) is 9.76. The number of hydrogen-bond donors (Lipinski definition) is 2. The van der Waals surface area contributed by atoms with Crippen molar-refractivity contribution in [2.24, 2.45) is 5.92 Å². The predicted molar refractivity (Wildman–Crippen MR) is 102 cm³/mol. The third-order valence-electron chi connectivity index (χ3n) is 5.63. The summed E-state index contributed by atoms with van der Waals surface area (Å²) in [7, 11) is 1.90. The van der Waals surface area contributed by atoms with E-state index < -0.39 is 0 Å². The van der Waals surface area contributed by atoms with E-state index in [1.165, 1.54) is 37.3 Å². The van der Waals surface area contributed by atoms with E-state index in [0.29, 0.717) is 16.8 Å². The molecule has 0 saturated carbocycles. The van der Waals surface area contributed by atoms with Gasteiger partial charge in [0, 0.05) is 30.4 Å². The van der Waals surface area contributed by atoms with E-state index in [1.54, 1.807) is 6.20 Å². The molecule has 0 spiro atoms. The van der Waals surface area contributed by atoms with Crippen LogP contribution in [0.1, 0.15) is 29.4 Å². The molecule has 2 bridgehead atoms. The third kappa shape index (κ3) is 3.16. The number of benzene rings is 1. The minimum absolute atomic E-state index is 0.0150. The van der Waals surface area contributed by atoms with Crippen LogP contribution in [0.5, 0.6) is 0 Å². The monoisotopic (exact) mass is 356 g/mol. The highest BCUT2D eigenvalue weighted by molar-refractivity contribution is 7.16. The lowest BCUT2D eigenvalue weighted by molar-refractivity contribution is 0.0218. The molecule has 0 unspecified atom stereocenters. The summed E-state index contributed by atoms with van der Waals surface area (Å²) >= 11 is 1.46. The maximum absolute atomic E-state index is 12.7. The molecule has 1 aromatic heterocycles. The summed E-state index contributed by atoms with van der Waals surface area (Å²) in [4.78, 5) is 20.3. The van der Waals surface area contributed by atoms with Crippen LogP contribution in [0.2, 0.25) is 0 Å². The van der Waals surface area contributed by atoms with Gasteiger partial charge in [-0.3, -0.25) is 9.69 Å². The minimum atomic E-state index is 0.0150. The maximum Gasteiger partial charge on any atom is 0.263 e. The largest absolute Gasteiger partial charge is 0.388 e. The van der Waals surface area contributed by atoms with Crippen LogP contribution in [0.25, 0.3) is 10.6 Å². The Balaban J connectivity index is 1.47. The summed E-state index contributed by atoms with van der Waals surface area (Å²) in [5.74, 6) is 0.631. The number of fused-ring (bicyclic) bond motifs is 3. The second-order valence-electron chi connectivity index (χ2n) is 6.97. The van der Waals surface area contributed by atoms with Gasteiger partial charge in [0.2, 0.25) is 0 Å². The number of carbonyl (C=O) groups is 1. The molecule has 6 heteroatoms. The van der Waals surface area contributed by atoms with Crippen molar-refractivity contribution in [3.05, 3.63) is 35.3 Å². The molecule has 132 valence electrons. The molecule has 2 N–H and O–H groups in total. The number of aromatic nitrogens is 1. The number of nitrogens with one attached hydrogen (secondary N) is 2. The quantitative estimate of drug-likeness (QED) is 0.884. The molecule has 3 aliphatic heterocycles. The summed E-state index contributed by atoms with van der Waals surface area (Å²) < 4.78 is 0. The number of thiazole rings is 1. The molecular weight excluding hydrogens is 332 g/mol. The average molecular weight is 356 g/mol. The number of nitrogens with zero attached hydrogens (tertiary/aromatic N) is 2. The summed E-state index contributed by atoms with van der Waals surface area (Å²) in [6.45, 7) is 4.58. The van der Waals surface area contributed by atoms with Crippen LogP contribution < -0.4 is 10.6 Å². The van der Waals surface area contributed by atoms with Gasteiger partial charge < -0.3 is 10.6 Å². The Labute approximate surface area is 152 Å². The van der Waals surface area contributed by atoms with Gasteiger partial charge in [-0.15, -0.1) is 11.3 Å². The number of anilines is 1. The molecule has 5 rings (SSSR count). The maximum atomic E-state index is 12.7. The molecule has 1 aromatic carbocycles. The van der Waals surface area contributed by atoms with Crippen molar-refractivity contribution in [3.63, 3.8) is 0 Å². The Hall–Kier alpha value is -1.92. The van der Waals surface area contributed by atoms with Crippen molar-refractivity contribution >= 4 is 22.9 Å². The second-order valence-corrected chi connectivity index (χ2v) is 8.00. The third-order valence-corrected chi connectivity index (χ3v) is 6.67. The molecule has 25 heavy (non-hydrogen) atoms. The molecule has 3 fully saturated rings. The van der Waals surface area contributed by atoms with Gasteiger partial charge in [-0.1, -0.05) is 0 Å². The zero-order valence-corrected chi connectivity index (χ0v) is 15.5. The van der Waals surface area contributed by atoms with E-state index in [2.05, 4.69) is 27.4 Å². The predicted octanol–water partition coefficient (Wildman–Crippen LogP) is 3.06. The normalized spacial score (nSPS) is 27.9. The Bertz CT molecular complexity index is 747. The van der Waals surface area contributed by atoms with E-state index in [-0.39, 0.29) is 11.9 Å². The highest BCUT2D eigenvalue weighted by atomic mass is 32.1. The van der Waals surface area contributed by atoms with Gasteiger partial charge >= 0.3 is 0 Å². The van der Waals surface area contributed by atoms with E-state index >= 15 is 0 Å². The van der Waals surface area contributed by atoms with Crippen LogP contribution in [0, 0.1) is 5.92 Å². The van der Waals surface area contributed by atoms with Crippen molar-refractivity contribution in [3.8, 4) is 10.6 Å². The van der Waals surface area contributed by atoms with Crippen molar-refractivity contribution in [1.82, 2.24) is 15.2 Å². The van der Waals surface area contributed by atoms with Gasteiger partial charge in [-0.25, -0.2) is 4.98 Å². The van der Waals surface area contributed by atoms with Gasteiger partial charge in [-0.2, -0.15) is 0 Å². The van der Waals surface area contributed by atoms with E-state index in [4.69, 9.17) is 0 Å². The zero-order valence-electron chi connectivity index (χ0n) is 14.7. The van der Waals surface area contributed by atoms with Crippen LogP contribution in [0.4, 0.5) is 5.69 Å². The molecule has 3 saturated heterocycles. The molecule has 2 aromatic rings. The molecule has 2 atom stereocenters. The molecule has 3 aliphatic rings. The van der Waals surface area contributed by atoms with Gasteiger partial charge in [0.15, 0.2) is 0 Å². The zero-order chi connectivity index (χ0) is 17.4. The summed E-state index contributed by atoms with van der Waals surface area (Å²) in [5, 5.41) is 7.27. The first-order valence-electron chi connectivity index (χ1n) is 8.94. The number of rotatable bonds is 4. The Morgan fingerprint density at radius 3 is 2.60 bits per heavy atom. The number of piperidine rings is 3. The molecule has 1 amide bonds. The SMILES string of the molecule is CNc1ccc(-c2ncc(C(=O)N[C@@H]3C4CCN(CC4)[C@H]3C)s2)cc1. The topological polar surface area (TPSA) is 57.3 Å². The van der Waals surface area contributed by atoms with Crippen molar-refractivity contribution in [1.29, 1.82) is 0 Å². The van der Waals surface area contributed by atoms with Gasteiger partial charge in [0.1, 0.15) is 9.88 Å².